The fourth-order valence-electron chi connectivity index (χ4n) is 11.9. The first-order chi connectivity index (χ1) is 41.8. The lowest BCUT2D eigenvalue weighted by Gasteiger charge is -2.27. The SMILES string of the molecule is Cc1ccc(C=C[Si]Oc2ccccc2C(CCC(c2ccccc2O[Si]C=Cc2ccc(C)c(C(C)(C)C)c2)c2ccccc2O[Si]C=Cc2ccc(C)c(C(C)(C)C)c2)c2ccccc2O[Si]C=Cc2ccc(C)c(C(C)(C)C)c2)cc1C(C)(C)C. The molecule has 0 aliphatic rings. The number of benzene rings is 8. The highest BCUT2D eigenvalue weighted by atomic mass is 28.2. The van der Waals surface area contributed by atoms with Gasteiger partial charge in [-0.25, -0.2) is 0 Å². The Morgan fingerprint density at radius 3 is 0.705 bits per heavy atom. The lowest BCUT2D eigenvalue weighted by molar-refractivity contribution is 0.526. The van der Waals surface area contributed by atoms with E-state index in [1.54, 1.807) is 0 Å². The van der Waals surface area contributed by atoms with Crippen molar-refractivity contribution in [3.8, 4) is 23.0 Å². The fraction of sp³-hybridized carbons (Fsp3) is 0.300. The van der Waals surface area contributed by atoms with Crippen LogP contribution >= 0.6 is 0 Å². The maximum Gasteiger partial charge on any atom is 0.343 e. The molecule has 450 valence electrons. The number of hydrogen-bond acceptors (Lipinski definition) is 4. The van der Waals surface area contributed by atoms with Crippen molar-refractivity contribution in [2.45, 2.75) is 157 Å². The average molecular weight is 1230 g/mol. The van der Waals surface area contributed by atoms with E-state index in [2.05, 4.69) is 328 Å². The van der Waals surface area contributed by atoms with E-state index in [-0.39, 0.29) is 72.5 Å². The molecule has 0 bridgehead atoms. The largest absolute Gasteiger partial charge is 0.536 e. The first kappa shape index (κ1) is 66.7. The third-order valence-electron chi connectivity index (χ3n) is 16.3. The van der Waals surface area contributed by atoms with E-state index in [0.29, 0.717) is 0 Å². The molecular formula is C80H90O4Si4. The molecule has 0 unspecified atom stereocenters. The van der Waals surface area contributed by atoms with Gasteiger partial charge in [-0.2, -0.15) is 0 Å². The van der Waals surface area contributed by atoms with Gasteiger partial charge < -0.3 is 17.7 Å². The standard InChI is InChI=1S/C80H90O4Si4/c1-55-33-37-59(51-69(55)77(5,6)7)43-47-85-81-73-29-21-17-25-65(73)63(66-26-18-22-30-74(66)82-86-48-44-60-38-34-56(2)70(52-60)78(8,9)10)41-42-64(67-27-19-23-31-75(67)83-87-49-45-61-39-35-57(3)71(53-61)79(11,12)13)68-28-20-24-32-76(68)84-88-50-46-62-40-36-58(4)72(54-62)80(14,15)16/h17-40,43-54,63-64H,41-42H2,1-16H3. The molecule has 0 N–H and O–H groups in total. The van der Waals surface area contributed by atoms with Crippen LogP contribution in [0.4, 0.5) is 0 Å². The minimum atomic E-state index is -0.119. The van der Waals surface area contributed by atoms with Crippen LogP contribution in [0.2, 0.25) is 0 Å². The van der Waals surface area contributed by atoms with E-state index in [1.165, 1.54) is 66.8 Å². The predicted molar refractivity (Wildman–Crippen MR) is 380 cm³/mol. The van der Waals surface area contributed by atoms with Crippen molar-refractivity contribution >= 4 is 63.4 Å². The average Bonchev–Trinajstić information content (AvgIpc) is 3.70. The molecule has 8 aromatic rings. The molecule has 0 aromatic heterocycles. The molecule has 0 aliphatic heterocycles. The topological polar surface area (TPSA) is 36.9 Å². The second-order valence-electron chi connectivity index (χ2n) is 27.3. The summed E-state index contributed by atoms with van der Waals surface area (Å²) in [6.07, 6.45) is 10.3. The maximum absolute atomic E-state index is 6.90. The van der Waals surface area contributed by atoms with Crippen LogP contribution in [0.3, 0.4) is 0 Å². The summed E-state index contributed by atoms with van der Waals surface area (Å²) in [7, 11) is 0.397. The van der Waals surface area contributed by atoms with E-state index in [4.69, 9.17) is 17.7 Å². The third kappa shape index (κ3) is 18.2. The van der Waals surface area contributed by atoms with Gasteiger partial charge in [-0.15, -0.1) is 0 Å². The van der Waals surface area contributed by atoms with Crippen LogP contribution in [0.15, 0.2) is 193 Å². The molecule has 0 atom stereocenters. The van der Waals surface area contributed by atoms with Crippen LogP contribution in [0.25, 0.3) is 24.3 Å². The van der Waals surface area contributed by atoms with Crippen LogP contribution in [-0.2, 0) is 21.7 Å². The van der Waals surface area contributed by atoms with Gasteiger partial charge in [0.2, 0.25) is 0 Å². The number of para-hydroxylation sites is 4. The third-order valence-corrected chi connectivity index (χ3v) is 18.8. The highest BCUT2D eigenvalue weighted by Crippen LogP contribution is 2.46. The summed E-state index contributed by atoms with van der Waals surface area (Å²) in [5.74, 6) is 3.20. The van der Waals surface area contributed by atoms with E-state index in [1.807, 2.05) is 0 Å². The Labute approximate surface area is 539 Å². The highest BCUT2D eigenvalue weighted by molar-refractivity contribution is 6.38. The quantitative estimate of drug-likeness (QED) is 0.0598. The highest BCUT2D eigenvalue weighted by Gasteiger charge is 2.28. The summed E-state index contributed by atoms with van der Waals surface area (Å²) in [4.78, 5) is 0. The van der Waals surface area contributed by atoms with Gasteiger partial charge in [-0.05, 0) is 153 Å². The van der Waals surface area contributed by atoms with Crippen LogP contribution < -0.4 is 17.7 Å². The Kier molecular flexibility index (Phi) is 22.6. The summed E-state index contributed by atoms with van der Waals surface area (Å²) >= 11 is 0. The van der Waals surface area contributed by atoms with Gasteiger partial charge in [-0.3, -0.25) is 0 Å². The lowest BCUT2D eigenvalue weighted by atomic mass is 9.80. The van der Waals surface area contributed by atoms with Crippen molar-refractivity contribution in [2.75, 3.05) is 0 Å². The number of hydrogen-bond donors (Lipinski definition) is 0. The van der Waals surface area contributed by atoms with Gasteiger partial charge in [0.05, 0.1) is 0 Å². The molecule has 0 amide bonds. The molecule has 8 rings (SSSR count). The van der Waals surface area contributed by atoms with Crippen LogP contribution in [0.1, 0.15) is 197 Å². The zero-order valence-electron chi connectivity index (χ0n) is 55.0. The molecule has 0 spiro atoms. The lowest BCUT2D eigenvalue weighted by Crippen LogP contribution is -2.13. The van der Waals surface area contributed by atoms with Crippen LogP contribution in [-0.4, -0.2) is 39.1 Å². The number of rotatable bonds is 23. The first-order valence-corrected chi connectivity index (χ1v) is 35.0. The second kappa shape index (κ2) is 29.9. The zero-order chi connectivity index (χ0) is 63.2. The molecule has 88 heavy (non-hydrogen) atoms. The van der Waals surface area contributed by atoms with Gasteiger partial charge in [0.25, 0.3) is 0 Å². The molecule has 0 heterocycles. The van der Waals surface area contributed by atoms with Gasteiger partial charge in [0, 0.05) is 34.1 Å². The Balaban J connectivity index is 1.16. The monoisotopic (exact) mass is 1230 g/mol. The Morgan fingerprint density at radius 2 is 0.500 bits per heavy atom. The van der Waals surface area contributed by atoms with E-state index in [0.717, 1.165) is 58.1 Å². The Morgan fingerprint density at radius 1 is 0.295 bits per heavy atom. The molecule has 0 saturated carbocycles. The smallest absolute Gasteiger partial charge is 0.343 e. The van der Waals surface area contributed by atoms with Crippen molar-refractivity contribution in [3.05, 3.63) is 282 Å². The predicted octanol–water partition coefficient (Wildman–Crippen LogP) is 20.5. The van der Waals surface area contributed by atoms with Crippen molar-refractivity contribution < 1.29 is 17.7 Å². The summed E-state index contributed by atoms with van der Waals surface area (Å²) in [5.41, 5.74) is 28.6. The Bertz CT molecular complexity index is 3280. The summed E-state index contributed by atoms with van der Waals surface area (Å²) in [5, 5.41) is 0. The minimum Gasteiger partial charge on any atom is -0.536 e. The van der Waals surface area contributed by atoms with Crippen molar-refractivity contribution in [3.63, 3.8) is 0 Å². The molecule has 8 heteroatoms. The molecule has 8 radical (unpaired) electrons. The van der Waals surface area contributed by atoms with E-state index >= 15 is 0 Å². The van der Waals surface area contributed by atoms with Gasteiger partial charge in [-0.1, -0.05) is 276 Å². The number of aryl methyl sites for hydroxylation is 4. The van der Waals surface area contributed by atoms with Gasteiger partial charge in [0.1, 0.15) is 23.0 Å². The summed E-state index contributed by atoms with van der Waals surface area (Å²) in [6.45, 7) is 36.1. The zero-order valence-corrected chi connectivity index (χ0v) is 59.0. The van der Waals surface area contributed by atoms with Crippen molar-refractivity contribution in [2.24, 2.45) is 0 Å². The normalized spacial score (nSPS) is 13.2. The van der Waals surface area contributed by atoms with E-state index in [9.17, 15) is 0 Å². The van der Waals surface area contributed by atoms with Crippen molar-refractivity contribution in [1.82, 2.24) is 0 Å². The summed E-state index contributed by atoms with van der Waals surface area (Å²) < 4.78 is 27.6. The second-order valence-corrected chi connectivity index (χ2v) is 30.4. The molecule has 0 fully saturated rings. The van der Waals surface area contributed by atoms with Gasteiger partial charge in [0.15, 0.2) is 0 Å². The molecule has 0 aliphatic carbocycles. The Hall–Kier alpha value is -7.21. The molecule has 8 aromatic carbocycles. The van der Waals surface area contributed by atoms with Crippen LogP contribution in [0, 0.1) is 27.7 Å². The van der Waals surface area contributed by atoms with Crippen LogP contribution in [0.5, 0.6) is 23.0 Å². The fourth-order valence-corrected chi connectivity index (χ4v) is 14.4. The maximum atomic E-state index is 6.90. The summed E-state index contributed by atoms with van der Waals surface area (Å²) in [6, 6.07) is 61.4. The first-order valence-electron chi connectivity index (χ1n) is 31.0. The van der Waals surface area contributed by atoms with Crippen molar-refractivity contribution in [1.29, 1.82) is 0 Å². The molecule has 0 saturated heterocycles. The minimum absolute atomic E-state index is 0.0467. The molecular weight excluding hydrogens is 1140 g/mol. The van der Waals surface area contributed by atoms with Gasteiger partial charge >= 0.3 is 39.1 Å². The molecule has 4 nitrogen and oxygen atoms in total. The van der Waals surface area contributed by atoms with E-state index < -0.39 is 0 Å².